The Morgan fingerprint density at radius 3 is 2.88 bits per heavy atom. The van der Waals surface area contributed by atoms with Crippen molar-refractivity contribution in [2.24, 2.45) is 11.7 Å². The number of benzene rings is 1. The van der Waals surface area contributed by atoms with Crippen LogP contribution in [0.25, 0.3) is 0 Å². The normalized spacial score (nSPS) is 18.6. The Hall–Kier alpha value is -1.60. The highest BCUT2D eigenvalue weighted by Crippen LogP contribution is 2.38. The van der Waals surface area contributed by atoms with Gasteiger partial charge in [-0.1, -0.05) is 6.07 Å². The van der Waals surface area contributed by atoms with Crippen LogP contribution in [-0.2, 0) is 0 Å². The SMILES string of the molecule is N#CC(N)(COc1cccc(F)c1)C1CC1. The summed E-state index contributed by atoms with van der Waals surface area (Å²) in [7, 11) is 0. The molecule has 0 bridgehead atoms. The summed E-state index contributed by atoms with van der Waals surface area (Å²) in [5.74, 6) is 0.264. The zero-order valence-electron chi connectivity index (χ0n) is 8.82. The minimum absolute atomic E-state index is 0.109. The second kappa shape index (κ2) is 4.11. The van der Waals surface area contributed by atoms with Gasteiger partial charge in [0.05, 0.1) is 6.07 Å². The molecule has 2 rings (SSSR count). The quantitative estimate of drug-likeness (QED) is 0.842. The standard InChI is InChI=1S/C12H13FN2O/c13-10-2-1-3-11(6-10)16-8-12(15,7-14)9-4-5-9/h1-3,6,9H,4-5,8,15H2. The Kier molecular flexibility index (Phi) is 2.80. The van der Waals surface area contributed by atoms with Gasteiger partial charge in [0, 0.05) is 6.07 Å². The number of hydrogen-bond donors (Lipinski definition) is 1. The molecule has 16 heavy (non-hydrogen) atoms. The number of rotatable bonds is 4. The van der Waals surface area contributed by atoms with Crippen LogP contribution in [0, 0.1) is 23.1 Å². The molecule has 0 saturated heterocycles. The van der Waals surface area contributed by atoms with E-state index < -0.39 is 5.54 Å². The molecule has 1 fully saturated rings. The van der Waals surface area contributed by atoms with Gasteiger partial charge in [-0.2, -0.15) is 5.26 Å². The van der Waals surface area contributed by atoms with E-state index in [2.05, 4.69) is 6.07 Å². The van der Waals surface area contributed by atoms with Crippen molar-refractivity contribution in [3.05, 3.63) is 30.1 Å². The van der Waals surface area contributed by atoms with Crippen LogP contribution in [0.4, 0.5) is 4.39 Å². The number of nitrogens with zero attached hydrogens (tertiary/aromatic N) is 1. The van der Waals surface area contributed by atoms with E-state index in [-0.39, 0.29) is 18.3 Å². The van der Waals surface area contributed by atoms with Crippen LogP contribution in [0.5, 0.6) is 5.75 Å². The Bertz CT molecular complexity index is 425. The lowest BCUT2D eigenvalue weighted by molar-refractivity contribution is 0.236. The first-order chi connectivity index (χ1) is 7.64. The van der Waals surface area contributed by atoms with Crippen molar-refractivity contribution in [1.29, 1.82) is 5.26 Å². The predicted octanol–water partition coefficient (Wildman–Crippen LogP) is 1.84. The fourth-order valence-electron chi connectivity index (χ4n) is 1.60. The molecule has 1 atom stereocenters. The Labute approximate surface area is 93.6 Å². The fourth-order valence-corrected chi connectivity index (χ4v) is 1.60. The van der Waals surface area contributed by atoms with Crippen molar-refractivity contribution in [2.45, 2.75) is 18.4 Å². The maximum absolute atomic E-state index is 12.9. The van der Waals surface area contributed by atoms with Crippen molar-refractivity contribution >= 4 is 0 Å². The molecule has 1 aliphatic carbocycles. The minimum Gasteiger partial charge on any atom is -0.490 e. The van der Waals surface area contributed by atoms with Crippen LogP contribution in [0.2, 0.25) is 0 Å². The Morgan fingerprint density at radius 1 is 1.56 bits per heavy atom. The zero-order chi connectivity index (χ0) is 11.6. The molecular formula is C12H13FN2O. The molecule has 1 unspecified atom stereocenters. The van der Waals surface area contributed by atoms with Gasteiger partial charge in [0.2, 0.25) is 0 Å². The van der Waals surface area contributed by atoms with Crippen molar-refractivity contribution < 1.29 is 9.13 Å². The van der Waals surface area contributed by atoms with Crippen molar-refractivity contribution in [1.82, 2.24) is 0 Å². The van der Waals surface area contributed by atoms with E-state index in [1.165, 1.54) is 12.1 Å². The smallest absolute Gasteiger partial charge is 0.141 e. The molecule has 0 aliphatic heterocycles. The van der Waals surface area contributed by atoms with E-state index in [1.807, 2.05) is 0 Å². The summed E-state index contributed by atoms with van der Waals surface area (Å²) in [5.41, 5.74) is 4.97. The summed E-state index contributed by atoms with van der Waals surface area (Å²) >= 11 is 0. The Morgan fingerprint density at radius 2 is 2.31 bits per heavy atom. The average Bonchev–Trinajstić information content (AvgIpc) is 3.10. The van der Waals surface area contributed by atoms with Crippen LogP contribution >= 0.6 is 0 Å². The van der Waals surface area contributed by atoms with E-state index in [9.17, 15) is 4.39 Å². The highest BCUT2D eigenvalue weighted by Gasteiger charge is 2.43. The van der Waals surface area contributed by atoms with E-state index in [0.29, 0.717) is 5.75 Å². The van der Waals surface area contributed by atoms with Gasteiger partial charge < -0.3 is 10.5 Å². The molecule has 0 radical (unpaired) electrons. The van der Waals surface area contributed by atoms with E-state index in [4.69, 9.17) is 15.7 Å². The van der Waals surface area contributed by atoms with Gasteiger partial charge in [0.25, 0.3) is 0 Å². The summed E-state index contributed by atoms with van der Waals surface area (Å²) in [6.07, 6.45) is 1.94. The fraction of sp³-hybridized carbons (Fsp3) is 0.417. The molecule has 2 N–H and O–H groups in total. The molecule has 0 aromatic heterocycles. The topological polar surface area (TPSA) is 59.0 Å². The van der Waals surface area contributed by atoms with Crippen molar-refractivity contribution in [2.75, 3.05) is 6.61 Å². The largest absolute Gasteiger partial charge is 0.490 e. The van der Waals surface area contributed by atoms with E-state index in [0.717, 1.165) is 12.8 Å². The van der Waals surface area contributed by atoms with Crippen molar-refractivity contribution in [3.8, 4) is 11.8 Å². The summed E-state index contributed by atoms with van der Waals surface area (Å²) in [5, 5.41) is 9.00. The molecular weight excluding hydrogens is 207 g/mol. The predicted molar refractivity (Wildman–Crippen MR) is 57.2 cm³/mol. The molecule has 1 aromatic rings. The first-order valence-electron chi connectivity index (χ1n) is 5.22. The third-order valence-electron chi connectivity index (χ3n) is 2.79. The molecule has 4 heteroatoms. The van der Waals surface area contributed by atoms with Gasteiger partial charge in [0.1, 0.15) is 23.7 Å². The lowest BCUT2D eigenvalue weighted by Gasteiger charge is -2.21. The highest BCUT2D eigenvalue weighted by atomic mass is 19.1. The van der Waals surface area contributed by atoms with Gasteiger partial charge in [-0.05, 0) is 30.9 Å². The highest BCUT2D eigenvalue weighted by molar-refractivity contribution is 5.23. The molecule has 1 saturated carbocycles. The zero-order valence-corrected chi connectivity index (χ0v) is 8.82. The van der Waals surface area contributed by atoms with Crippen molar-refractivity contribution in [3.63, 3.8) is 0 Å². The first-order valence-corrected chi connectivity index (χ1v) is 5.22. The molecule has 84 valence electrons. The van der Waals surface area contributed by atoms with Crippen LogP contribution in [0.1, 0.15) is 12.8 Å². The van der Waals surface area contributed by atoms with Crippen LogP contribution in [-0.4, -0.2) is 12.1 Å². The summed E-state index contributed by atoms with van der Waals surface area (Å²) < 4.78 is 18.2. The number of nitrogens with two attached hydrogens (primary N) is 1. The van der Waals surface area contributed by atoms with Crippen LogP contribution < -0.4 is 10.5 Å². The van der Waals surface area contributed by atoms with Gasteiger partial charge >= 0.3 is 0 Å². The summed E-state index contributed by atoms with van der Waals surface area (Å²) in [6.45, 7) is 0.109. The lowest BCUT2D eigenvalue weighted by atomic mass is 9.98. The van der Waals surface area contributed by atoms with E-state index >= 15 is 0 Å². The monoisotopic (exact) mass is 220 g/mol. The summed E-state index contributed by atoms with van der Waals surface area (Å²) in [6, 6.07) is 7.92. The van der Waals surface area contributed by atoms with Gasteiger partial charge in [-0.25, -0.2) is 4.39 Å². The second-order valence-corrected chi connectivity index (χ2v) is 4.17. The number of hydrogen-bond acceptors (Lipinski definition) is 3. The molecule has 1 aliphatic rings. The molecule has 1 aromatic carbocycles. The average molecular weight is 220 g/mol. The van der Waals surface area contributed by atoms with Crippen LogP contribution in [0.3, 0.4) is 0 Å². The maximum Gasteiger partial charge on any atom is 0.141 e. The first kappa shape index (κ1) is 10.9. The second-order valence-electron chi connectivity index (χ2n) is 4.17. The molecule has 0 spiro atoms. The molecule has 0 heterocycles. The number of halogens is 1. The minimum atomic E-state index is -0.938. The number of ether oxygens (including phenoxy) is 1. The van der Waals surface area contributed by atoms with Gasteiger partial charge in [0.15, 0.2) is 0 Å². The molecule has 3 nitrogen and oxygen atoms in total. The van der Waals surface area contributed by atoms with Gasteiger partial charge in [-0.15, -0.1) is 0 Å². The lowest BCUT2D eigenvalue weighted by Crippen LogP contribution is -2.46. The van der Waals surface area contributed by atoms with Gasteiger partial charge in [-0.3, -0.25) is 0 Å². The van der Waals surface area contributed by atoms with E-state index in [1.54, 1.807) is 12.1 Å². The van der Waals surface area contributed by atoms with Crippen LogP contribution in [0.15, 0.2) is 24.3 Å². The Balaban J connectivity index is 1.99. The summed E-state index contributed by atoms with van der Waals surface area (Å²) in [4.78, 5) is 0. The third kappa shape index (κ3) is 2.31. The third-order valence-corrected chi connectivity index (χ3v) is 2.79. The molecule has 0 amide bonds. The number of nitriles is 1. The maximum atomic E-state index is 12.9.